The molecule has 1 unspecified atom stereocenters. The van der Waals surface area contributed by atoms with Crippen molar-refractivity contribution in [3.8, 4) is 12.3 Å². The molecule has 0 fully saturated rings. The van der Waals surface area contributed by atoms with Crippen LogP contribution >= 0.6 is 11.8 Å². The van der Waals surface area contributed by atoms with Crippen molar-refractivity contribution < 1.29 is 0 Å². The summed E-state index contributed by atoms with van der Waals surface area (Å²) in [4.78, 5) is 0. The molecule has 0 aliphatic rings. The lowest BCUT2D eigenvalue weighted by Gasteiger charge is -2.06. The van der Waals surface area contributed by atoms with Gasteiger partial charge in [0.1, 0.15) is 0 Å². The lowest BCUT2D eigenvalue weighted by atomic mass is 10.4. The predicted molar refractivity (Wildman–Crippen MR) is 47.6 cm³/mol. The van der Waals surface area contributed by atoms with Crippen LogP contribution in [0.1, 0.15) is 13.3 Å². The average Bonchev–Trinajstić information content (AvgIpc) is 1.99. The van der Waals surface area contributed by atoms with Crippen LogP contribution in [-0.4, -0.2) is 17.5 Å². The monoisotopic (exact) mass is 158 g/mol. The van der Waals surface area contributed by atoms with E-state index in [0.717, 1.165) is 11.5 Å². The largest absolute Gasteiger partial charge is 0.270 e. The standard InChI is InChI=1S/C7H14N2S/c1-3-5-10-6-7(4-2)9-8/h2,7,9H,3,5-6,8H2,1H3. The number of hydrazine groups is 1. The van der Waals surface area contributed by atoms with Crippen LogP contribution in [-0.2, 0) is 0 Å². The lowest BCUT2D eigenvalue weighted by molar-refractivity contribution is 0.694. The van der Waals surface area contributed by atoms with Gasteiger partial charge in [0.15, 0.2) is 0 Å². The van der Waals surface area contributed by atoms with Gasteiger partial charge in [-0.15, -0.1) is 6.42 Å². The van der Waals surface area contributed by atoms with Gasteiger partial charge in [-0.25, -0.2) is 5.43 Å². The molecule has 0 saturated heterocycles. The highest BCUT2D eigenvalue weighted by Crippen LogP contribution is 2.02. The Kier molecular flexibility index (Phi) is 6.83. The zero-order valence-electron chi connectivity index (χ0n) is 6.26. The number of terminal acetylenes is 1. The summed E-state index contributed by atoms with van der Waals surface area (Å²) < 4.78 is 0. The molecule has 0 rings (SSSR count). The summed E-state index contributed by atoms with van der Waals surface area (Å²) in [5, 5.41) is 0. The van der Waals surface area contributed by atoms with Gasteiger partial charge < -0.3 is 0 Å². The predicted octanol–water partition coefficient (Wildman–Crippen LogP) is 0.595. The topological polar surface area (TPSA) is 38.0 Å². The smallest absolute Gasteiger partial charge is 0.0904 e. The van der Waals surface area contributed by atoms with Crippen LogP contribution < -0.4 is 11.3 Å². The minimum absolute atomic E-state index is 0.0246. The van der Waals surface area contributed by atoms with Crippen molar-refractivity contribution in [3.05, 3.63) is 0 Å². The van der Waals surface area contributed by atoms with Gasteiger partial charge in [0.05, 0.1) is 6.04 Å². The van der Waals surface area contributed by atoms with Crippen molar-refractivity contribution in [2.24, 2.45) is 5.84 Å². The Morgan fingerprint density at radius 2 is 2.50 bits per heavy atom. The molecule has 0 heterocycles. The fourth-order valence-corrected chi connectivity index (χ4v) is 1.37. The van der Waals surface area contributed by atoms with E-state index in [9.17, 15) is 0 Å². The molecule has 0 aliphatic heterocycles. The molecule has 58 valence electrons. The summed E-state index contributed by atoms with van der Waals surface area (Å²) in [6, 6.07) is 0.0246. The van der Waals surface area contributed by atoms with Crippen molar-refractivity contribution in [1.82, 2.24) is 5.43 Å². The maximum absolute atomic E-state index is 5.16. The summed E-state index contributed by atoms with van der Waals surface area (Å²) in [6.07, 6.45) is 6.35. The molecule has 0 spiro atoms. The van der Waals surface area contributed by atoms with Gasteiger partial charge in [-0.05, 0) is 12.2 Å². The second-order valence-corrected chi connectivity index (χ2v) is 3.11. The molecule has 0 radical (unpaired) electrons. The molecule has 2 nitrogen and oxygen atoms in total. The maximum atomic E-state index is 5.16. The molecule has 10 heavy (non-hydrogen) atoms. The molecule has 0 amide bonds. The third kappa shape index (κ3) is 4.68. The van der Waals surface area contributed by atoms with E-state index < -0.39 is 0 Å². The Labute approximate surface area is 66.9 Å². The molecule has 0 aromatic rings. The van der Waals surface area contributed by atoms with Crippen molar-refractivity contribution >= 4 is 11.8 Å². The summed E-state index contributed by atoms with van der Waals surface area (Å²) in [7, 11) is 0. The van der Waals surface area contributed by atoms with Gasteiger partial charge in [0.2, 0.25) is 0 Å². The Hall–Kier alpha value is -0.170. The van der Waals surface area contributed by atoms with Crippen molar-refractivity contribution in [2.45, 2.75) is 19.4 Å². The van der Waals surface area contributed by atoms with Crippen molar-refractivity contribution in [3.63, 3.8) is 0 Å². The highest BCUT2D eigenvalue weighted by Gasteiger charge is 1.99. The first-order chi connectivity index (χ1) is 4.85. The van der Waals surface area contributed by atoms with Crippen LogP contribution in [0.5, 0.6) is 0 Å². The van der Waals surface area contributed by atoms with E-state index in [-0.39, 0.29) is 6.04 Å². The van der Waals surface area contributed by atoms with E-state index in [1.54, 1.807) is 0 Å². The number of hydrogen-bond donors (Lipinski definition) is 2. The Morgan fingerprint density at radius 3 is 2.90 bits per heavy atom. The highest BCUT2D eigenvalue weighted by atomic mass is 32.2. The second-order valence-electron chi connectivity index (χ2n) is 1.96. The minimum atomic E-state index is 0.0246. The summed E-state index contributed by atoms with van der Waals surface area (Å²) in [5.74, 6) is 9.77. The number of nitrogens with one attached hydrogen (secondary N) is 1. The SMILES string of the molecule is C#CC(CSCCC)NN. The third-order valence-electron chi connectivity index (χ3n) is 1.04. The Bertz CT molecular complexity index is 109. The van der Waals surface area contributed by atoms with E-state index in [2.05, 4.69) is 18.3 Å². The quantitative estimate of drug-likeness (QED) is 0.266. The fourth-order valence-electron chi connectivity index (χ4n) is 0.490. The van der Waals surface area contributed by atoms with Crippen LogP contribution in [0, 0.1) is 12.3 Å². The van der Waals surface area contributed by atoms with Gasteiger partial charge in [0.25, 0.3) is 0 Å². The van der Waals surface area contributed by atoms with Crippen LogP contribution in [0.25, 0.3) is 0 Å². The van der Waals surface area contributed by atoms with E-state index in [1.807, 2.05) is 11.8 Å². The number of thioether (sulfide) groups is 1. The fraction of sp³-hybridized carbons (Fsp3) is 0.714. The first-order valence-electron chi connectivity index (χ1n) is 3.35. The van der Waals surface area contributed by atoms with E-state index in [1.165, 1.54) is 6.42 Å². The van der Waals surface area contributed by atoms with Crippen LogP contribution in [0.3, 0.4) is 0 Å². The maximum Gasteiger partial charge on any atom is 0.0904 e. The Morgan fingerprint density at radius 1 is 1.80 bits per heavy atom. The van der Waals surface area contributed by atoms with Crippen LogP contribution in [0.2, 0.25) is 0 Å². The molecular weight excluding hydrogens is 144 g/mol. The molecule has 0 saturated carbocycles. The van der Waals surface area contributed by atoms with Gasteiger partial charge in [-0.2, -0.15) is 11.8 Å². The molecule has 0 aromatic heterocycles. The van der Waals surface area contributed by atoms with Crippen LogP contribution in [0.4, 0.5) is 0 Å². The van der Waals surface area contributed by atoms with Crippen molar-refractivity contribution in [1.29, 1.82) is 0 Å². The van der Waals surface area contributed by atoms with Gasteiger partial charge >= 0.3 is 0 Å². The number of nitrogens with two attached hydrogens (primary N) is 1. The van der Waals surface area contributed by atoms with Gasteiger partial charge in [-0.1, -0.05) is 12.8 Å². The van der Waals surface area contributed by atoms with Gasteiger partial charge in [0, 0.05) is 5.75 Å². The highest BCUT2D eigenvalue weighted by molar-refractivity contribution is 7.99. The number of rotatable bonds is 5. The first-order valence-corrected chi connectivity index (χ1v) is 4.50. The lowest BCUT2D eigenvalue weighted by Crippen LogP contribution is -2.35. The molecular formula is C7H14N2S. The first kappa shape index (κ1) is 9.83. The third-order valence-corrected chi connectivity index (χ3v) is 2.30. The Balaban J connectivity index is 3.20. The van der Waals surface area contributed by atoms with Crippen molar-refractivity contribution in [2.75, 3.05) is 11.5 Å². The number of hydrogen-bond acceptors (Lipinski definition) is 3. The molecule has 3 N–H and O–H groups in total. The summed E-state index contributed by atoms with van der Waals surface area (Å²) in [5.41, 5.74) is 2.55. The minimum Gasteiger partial charge on any atom is -0.270 e. The summed E-state index contributed by atoms with van der Waals surface area (Å²) in [6.45, 7) is 2.15. The zero-order chi connectivity index (χ0) is 7.82. The molecule has 0 aliphatic carbocycles. The average molecular weight is 158 g/mol. The zero-order valence-corrected chi connectivity index (χ0v) is 7.08. The van der Waals surface area contributed by atoms with Gasteiger partial charge in [-0.3, -0.25) is 5.84 Å². The van der Waals surface area contributed by atoms with E-state index >= 15 is 0 Å². The van der Waals surface area contributed by atoms with E-state index in [0.29, 0.717) is 0 Å². The second kappa shape index (κ2) is 6.94. The normalized spacial score (nSPS) is 12.5. The molecule has 0 aromatic carbocycles. The molecule has 3 heteroatoms. The molecule has 0 bridgehead atoms. The van der Waals surface area contributed by atoms with Crippen LogP contribution in [0.15, 0.2) is 0 Å². The van der Waals surface area contributed by atoms with E-state index in [4.69, 9.17) is 12.3 Å². The molecule has 1 atom stereocenters. The summed E-state index contributed by atoms with van der Waals surface area (Å²) >= 11 is 1.83.